The molecule has 17 heavy (non-hydrogen) atoms. The van der Waals surface area contributed by atoms with Crippen molar-refractivity contribution >= 4 is 8.07 Å². The summed E-state index contributed by atoms with van der Waals surface area (Å²) in [4.78, 5) is 0. The van der Waals surface area contributed by atoms with Gasteiger partial charge in [-0.15, -0.1) is 0 Å². The van der Waals surface area contributed by atoms with Crippen LogP contribution in [0.5, 0.6) is 0 Å². The Labute approximate surface area is 109 Å². The molecule has 2 unspecified atom stereocenters. The first kappa shape index (κ1) is 17.1. The SMILES string of the molecule is CCCC(C)[Si](COC)(COC)C(C)CCC. The molecule has 0 amide bonds. The van der Waals surface area contributed by atoms with Crippen molar-refractivity contribution < 1.29 is 9.47 Å². The molecule has 0 aliphatic carbocycles. The molecule has 2 nitrogen and oxygen atoms in total. The number of methoxy groups -OCH3 is 2. The fourth-order valence-corrected chi connectivity index (χ4v) is 8.07. The Morgan fingerprint density at radius 1 is 0.824 bits per heavy atom. The quantitative estimate of drug-likeness (QED) is 0.548. The Bertz CT molecular complexity index is 165. The molecule has 0 aromatic rings. The van der Waals surface area contributed by atoms with E-state index < -0.39 is 8.07 Å². The van der Waals surface area contributed by atoms with Crippen LogP contribution in [0.3, 0.4) is 0 Å². The lowest BCUT2D eigenvalue weighted by molar-refractivity contribution is 0.209. The summed E-state index contributed by atoms with van der Waals surface area (Å²) in [6.45, 7) is 9.39. The molecular weight excluding hydrogens is 228 g/mol. The van der Waals surface area contributed by atoms with Gasteiger partial charge in [-0.3, -0.25) is 0 Å². The van der Waals surface area contributed by atoms with Crippen molar-refractivity contribution in [3.63, 3.8) is 0 Å². The predicted octanol–water partition coefficient (Wildman–Crippen LogP) is 4.19. The molecule has 0 aliphatic rings. The minimum Gasteiger partial charge on any atom is -0.388 e. The summed E-state index contributed by atoms with van der Waals surface area (Å²) in [6, 6.07) is 0. The second-order valence-electron chi connectivity index (χ2n) is 5.48. The maximum atomic E-state index is 5.58. The Morgan fingerprint density at radius 3 is 1.41 bits per heavy atom. The summed E-state index contributed by atoms with van der Waals surface area (Å²) >= 11 is 0. The van der Waals surface area contributed by atoms with Crippen molar-refractivity contribution in [3.05, 3.63) is 0 Å². The van der Waals surface area contributed by atoms with E-state index in [1.54, 1.807) is 0 Å². The lowest BCUT2D eigenvalue weighted by Gasteiger charge is -2.41. The van der Waals surface area contributed by atoms with Crippen LogP contribution in [-0.2, 0) is 9.47 Å². The first-order valence-electron chi connectivity index (χ1n) is 7.06. The van der Waals surface area contributed by atoms with Gasteiger partial charge in [0.15, 0.2) is 0 Å². The van der Waals surface area contributed by atoms with Crippen LogP contribution in [0.1, 0.15) is 53.4 Å². The lowest BCUT2D eigenvalue weighted by Crippen LogP contribution is -2.52. The highest BCUT2D eigenvalue weighted by molar-refractivity contribution is 6.82. The molecule has 0 radical (unpaired) electrons. The van der Waals surface area contributed by atoms with Gasteiger partial charge >= 0.3 is 0 Å². The first-order chi connectivity index (χ1) is 8.08. The monoisotopic (exact) mass is 260 g/mol. The minimum atomic E-state index is -1.49. The third kappa shape index (κ3) is 4.72. The average molecular weight is 260 g/mol. The van der Waals surface area contributed by atoms with Gasteiger partial charge in [0.1, 0.15) is 8.07 Å². The highest BCUT2D eigenvalue weighted by Gasteiger charge is 2.43. The van der Waals surface area contributed by atoms with E-state index in [-0.39, 0.29) is 0 Å². The number of hydrogen-bond donors (Lipinski definition) is 0. The third-order valence-electron chi connectivity index (χ3n) is 4.23. The van der Waals surface area contributed by atoms with Crippen LogP contribution in [-0.4, -0.2) is 34.8 Å². The predicted molar refractivity (Wildman–Crippen MR) is 78.2 cm³/mol. The molecule has 0 heterocycles. The number of ether oxygens (including phenoxy) is 2. The molecule has 3 heteroatoms. The number of rotatable bonds is 10. The second kappa shape index (κ2) is 9.12. The molecule has 0 rings (SSSR count). The number of hydrogen-bond acceptors (Lipinski definition) is 2. The van der Waals surface area contributed by atoms with Crippen molar-refractivity contribution in [1.29, 1.82) is 0 Å². The zero-order chi connectivity index (χ0) is 13.3. The van der Waals surface area contributed by atoms with Gasteiger partial charge in [0, 0.05) is 26.7 Å². The normalized spacial score (nSPS) is 15.9. The van der Waals surface area contributed by atoms with Crippen LogP contribution in [0.4, 0.5) is 0 Å². The van der Waals surface area contributed by atoms with E-state index in [1.165, 1.54) is 25.7 Å². The standard InChI is InChI=1S/C14H32O2Si/c1-7-9-13(3)17(11-15-5,12-16-6)14(4)10-8-2/h13-14H,7-12H2,1-6H3. The van der Waals surface area contributed by atoms with E-state index in [9.17, 15) is 0 Å². The maximum Gasteiger partial charge on any atom is 0.118 e. The molecule has 0 aromatic heterocycles. The molecule has 2 atom stereocenters. The summed E-state index contributed by atoms with van der Waals surface area (Å²) in [7, 11) is 2.20. The Balaban J connectivity index is 4.94. The summed E-state index contributed by atoms with van der Waals surface area (Å²) in [5.74, 6) is 0. The highest BCUT2D eigenvalue weighted by Crippen LogP contribution is 2.38. The van der Waals surface area contributed by atoms with Crippen molar-refractivity contribution in [2.75, 3.05) is 26.7 Å². The van der Waals surface area contributed by atoms with E-state index in [0.29, 0.717) is 0 Å². The van der Waals surface area contributed by atoms with E-state index in [2.05, 4.69) is 27.7 Å². The molecule has 0 fully saturated rings. The third-order valence-corrected chi connectivity index (χ3v) is 10.4. The van der Waals surface area contributed by atoms with Gasteiger partial charge in [0.2, 0.25) is 0 Å². The van der Waals surface area contributed by atoms with Gasteiger partial charge < -0.3 is 9.47 Å². The summed E-state index contributed by atoms with van der Waals surface area (Å²) in [6.07, 6.45) is 7.05. The van der Waals surface area contributed by atoms with Gasteiger partial charge in [-0.25, -0.2) is 0 Å². The molecule has 0 aromatic carbocycles. The van der Waals surface area contributed by atoms with Gasteiger partial charge in [0.05, 0.1) is 0 Å². The van der Waals surface area contributed by atoms with Crippen LogP contribution in [0.2, 0.25) is 11.1 Å². The van der Waals surface area contributed by atoms with Gasteiger partial charge in [-0.05, 0) is 11.1 Å². The van der Waals surface area contributed by atoms with Gasteiger partial charge in [0.25, 0.3) is 0 Å². The van der Waals surface area contributed by atoms with Crippen molar-refractivity contribution in [1.82, 2.24) is 0 Å². The molecule has 0 spiro atoms. The highest BCUT2D eigenvalue weighted by atomic mass is 28.3. The van der Waals surface area contributed by atoms with Crippen LogP contribution >= 0.6 is 0 Å². The van der Waals surface area contributed by atoms with E-state index in [4.69, 9.17) is 9.47 Å². The smallest absolute Gasteiger partial charge is 0.118 e. The molecule has 0 N–H and O–H groups in total. The molecule has 0 bridgehead atoms. The first-order valence-corrected chi connectivity index (χ1v) is 9.63. The second-order valence-corrected chi connectivity index (χ2v) is 10.5. The summed E-state index contributed by atoms with van der Waals surface area (Å²) in [5.41, 5.74) is 1.57. The summed E-state index contributed by atoms with van der Waals surface area (Å²) in [5, 5.41) is 0. The van der Waals surface area contributed by atoms with E-state index >= 15 is 0 Å². The van der Waals surface area contributed by atoms with Gasteiger partial charge in [-0.2, -0.15) is 0 Å². The van der Waals surface area contributed by atoms with Crippen molar-refractivity contribution in [2.24, 2.45) is 0 Å². The Kier molecular flexibility index (Phi) is 9.19. The van der Waals surface area contributed by atoms with Crippen molar-refractivity contribution in [3.8, 4) is 0 Å². The van der Waals surface area contributed by atoms with Crippen LogP contribution < -0.4 is 0 Å². The zero-order valence-electron chi connectivity index (χ0n) is 12.7. The minimum absolute atomic E-state index is 0.786. The van der Waals surface area contributed by atoms with E-state index in [1.807, 2.05) is 14.2 Å². The Hall–Kier alpha value is 0.137. The fourth-order valence-electron chi connectivity index (χ4n) is 3.07. The van der Waals surface area contributed by atoms with E-state index in [0.717, 1.165) is 23.5 Å². The average Bonchev–Trinajstić information content (AvgIpc) is 2.29. The molecule has 0 aliphatic heterocycles. The Morgan fingerprint density at radius 2 is 1.18 bits per heavy atom. The van der Waals surface area contributed by atoms with Crippen LogP contribution in [0, 0.1) is 0 Å². The van der Waals surface area contributed by atoms with Crippen LogP contribution in [0.25, 0.3) is 0 Å². The molecular formula is C14H32O2Si. The van der Waals surface area contributed by atoms with Crippen molar-refractivity contribution in [2.45, 2.75) is 64.5 Å². The topological polar surface area (TPSA) is 18.5 Å². The molecule has 0 saturated heterocycles. The van der Waals surface area contributed by atoms with Gasteiger partial charge in [-0.1, -0.05) is 53.4 Å². The largest absolute Gasteiger partial charge is 0.388 e. The molecule has 104 valence electrons. The summed E-state index contributed by atoms with van der Waals surface area (Å²) < 4.78 is 11.2. The maximum absolute atomic E-state index is 5.58. The zero-order valence-corrected chi connectivity index (χ0v) is 13.7. The van der Waals surface area contributed by atoms with Crippen LogP contribution in [0.15, 0.2) is 0 Å². The lowest BCUT2D eigenvalue weighted by atomic mass is 10.2. The molecule has 0 saturated carbocycles. The fraction of sp³-hybridized carbons (Fsp3) is 1.00.